The topological polar surface area (TPSA) is 91.8 Å². The van der Waals surface area contributed by atoms with Gasteiger partial charge in [-0.2, -0.15) is 0 Å². The first kappa shape index (κ1) is 16.7. The number of pyridine rings is 1. The van der Waals surface area contributed by atoms with E-state index in [-0.39, 0.29) is 5.91 Å². The smallest absolute Gasteiger partial charge is 0.219 e. The third-order valence-electron chi connectivity index (χ3n) is 3.08. The molecule has 0 fully saturated rings. The second kappa shape index (κ2) is 8.07. The number of nitrogens with one attached hydrogen (secondary N) is 3. The Morgan fingerprint density at radius 1 is 1.09 bits per heavy atom. The Balaban J connectivity index is 1.97. The van der Waals surface area contributed by atoms with Crippen molar-refractivity contribution in [3.63, 3.8) is 0 Å². The molecule has 0 radical (unpaired) electrons. The second-order valence-corrected chi connectivity index (χ2v) is 5.16. The van der Waals surface area contributed by atoms with Gasteiger partial charge in [-0.05, 0) is 31.5 Å². The molecule has 0 bridgehead atoms. The molecule has 2 rings (SSSR count). The first-order chi connectivity index (χ1) is 11.1. The minimum atomic E-state index is 0.0403. The van der Waals surface area contributed by atoms with Gasteiger partial charge in [-0.25, -0.2) is 15.0 Å². The first-order valence-corrected chi connectivity index (χ1v) is 7.62. The SMILES string of the molecule is CCC(=O)NCCNc1cc(Nc2cc(C)ccn2)nc(C)n1. The molecule has 122 valence electrons. The average Bonchev–Trinajstić information content (AvgIpc) is 2.51. The van der Waals surface area contributed by atoms with E-state index in [1.54, 1.807) is 6.20 Å². The summed E-state index contributed by atoms with van der Waals surface area (Å²) in [6, 6.07) is 5.71. The normalized spacial score (nSPS) is 10.2. The van der Waals surface area contributed by atoms with Crippen LogP contribution in [0.5, 0.6) is 0 Å². The van der Waals surface area contributed by atoms with Crippen molar-refractivity contribution >= 4 is 23.4 Å². The van der Waals surface area contributed by atoms with Gasteiger partial charge in [0.25, 0.3) is 0 Å². The van der Waals surface area contributed by atoms with Crippen LogP contribution >= 0.6 is 0 Å². The molecule has 0 unspecified atom stereocenters. The zero-order valence-electron chi connectivity index (χ0n) is 13.7. The fraction of sp³-hybridized carbons (Fsp3) is 0.375. The van der Waals surface area contributed by atoms with Crippen molar-refractivity contribution < 1.29 is 4.79 Å². The van der Waals surface area contributed by atoms with Crippen molar-refractivity contribution in [3.8, 4) is 0 Å². The maximum atomic E-state index is 11.2. The van der Waals surface area contributed by atoms with Gasteiger partial charge in [0.05, 0.1) is 0 Å². The summed E-state index contributed by atoms with van der Waals surface area (Å²) in [6.45, 7) is 6.82. The Kier molecular flexibility index (Phi) is 5.85. The van der Waals surface area contributed by atoms with Crippen molar-refractivity contribution in [2.24, 2.45) is 0 Å². The molecule has 7 nitrogen and oxygen atoms in total. The summed E-state index contributed by atoms with van der Waals surface area (Å²) in [5.41, 5.74) is 1.12. The van der Waals surface area contributed by atoms with Gasteiger partial charge >= 0.3 is 0 Å². The summed E-state index contributed by atoms with van der Waals surface area (Å²) in [5.74, 6) is 2.82. The minimum Gasteiger partial charge on any atom is -0.368 e. The van der Waals surface area contributed by atoms with Gasteiger partial charge in [0.15, 0.2) is 0 Å². The fourth-order valence-corrected chi connectivity index (χ4v) is 1.98. The minimum absolute atomic E-state index is 0.0403. The average molecular weight is 314 g/mol. The van der Waals surface area contributed by atoms with Gasteiger partial charge < -0.3 is 16.0 Å². The Morgan fingerprint density at radius 2 is 1.87 bits per heavy atom. The lowest BCUT2D eigenvalue weighted by molar-refractivity contribution is -0.120. The predicted octanol–water partition coefficient (Wildman–Crippen LogP) is 2.17. The third-order valence-corrected chi connectivity index (χ3v) is 3.08. The van der Waals surface area contributed by atoms with Crippen LogP contribution in [0.1, 0.15) is 24.7 Å². The molecule has 0 saturated heterocycles. The number of anilines is 3. The zero-order chi connectivity index (χ0) is 16.7. The lowest BCUT2D eigenvalue weighted by Crippen LogP contribution is -2.28. The van der Waals surface area contributed by atoms with Crippen LogP contribution in [0.3, 0.4) is 0 Å². The van der Waals surface area contributed by atoms with E-state index in [4.69, 9.17) is 0 Å². The molecule has 0 spiro atoms. The lowest BCUT2D eigenvalue weighted by atomic mass is 10.3. The summed E-state index contributed by atoms with van der Waals surface area (Å²) in [7, 11) is 0. The summed E-state index contributed by atoms with van der Waals surface area (Å²) >= 11 is 0. The first-order valence-electron chi connectivity index (χ1n) is 7.62. The molecule has 0 aliphatic heterocycles. The number of nitrogens with zero attached hydrogens (tertiary/aromatic N) is 3. The molecule has 2 aromatic heterocycles. The van der Waals surface area contributed by atoms with E-state index in [0.717, 1.165) is 11.4 Å². The molecule has 0 aromatic carbocycles. The van der Waals surface area contributed by atoms with Gasteiger partial charge in [-0.3, -0.25) is 4.79 Å². The molecule has 0 atom stereocenters. The quantitative estimate of drug-likeness (QED) is 0.678. The van der Waals surface area contributed by atoms with E-state index in [1.807, 2.05) is 39.0 Å². The largest absolute Gasteiger partial charge is 0.368 e. The summed E-state index contributed by atoms with van der Waals surface area (Å²) in [5, 5.41) is 9.16. The third kappa shape index (κ3) is 5.54. The number of aryl methyl sites for hydroxylation is 2. The van der Waals surface area contributed by atoms with Crippen molar-refractivity contribution in [2.75, 3.05) is 23.7 Å². The van der Waals surface area contributed by atoms with Gasteiger partial charge in [0.1, 0.15) is 23.3 Å². The Bertz CT molecular complexity index is 673. The Hall–Kier alpha value is -2.70. The highest BCUT2D eigenvalue weighted by Crippen LogP contribution is 2.16. The summed E-state index contributed by atoms with van der Waals surface area (Å²) in [4.78, 5) is 24.1. The van der Waals surface area contributed by atoms with Crippen molar-refractivity contribution in [2.45, 2.75) is 27.2 Å². The molecule has 0 aliphatic rings. The van der Waals surface area contributed by atoms with Crippen molar-refractivity contribution in [1.82, 2.24) is 20.3 Å². The number of amides is 1. The van der Waals surface area contributed by atoms with Crippen LogP contribution in [-0.4, -0.2) is 33.9 Å². The summed E-state index contributed by atoms with van der Waals surface area (Å²) < 4.78 is 0. The maximum absolute atomic E-state index is 11.2. The van der Waals surface area contributed by atoms with Gasteiger partial charge in [-0.15, -0.1) is 0 Å². The van der Waals surface area contributed by atoms with E-state index in [9.17, 15) is 4.79 Å². The molecular formula is C16H22N6O. The van der Waals surface area contributed by atoms with Crippen molar-refractivity contribution in [1.29, 1.82) is 0 Å². The van der Waals surface area contributed by atoms with Crippen LogP contribution < -0.4 is 16.0 Å². The highest BCUT2D eigenvalue weighted by molar-refractivity contribution is 5.75. The van der Waals surface area contributed by atoms with Gasteiger partial charge in [0.2, 0.25) is 5.91 Å². The van der Waals surface area contributed by atoms with E-state index < -0.39 is 0 Å². The predicted molar refractivity (Wildman–Crippen MR) is 90.8 cm³/mol. The second-order valence-electron chi connectivity index (χ2n) is 5.16. The van der Waals surface area contributed by atoms with Crippen LogP contribution in [-0.2, 0) is 4.79 Å². The number of hydrogen-bond acceptors (Lipinski definition) is 6. The van der Waals surface area contributed by atoms with E-state index >= 15 is 0 Å². The number of carbonyl (C=O) groups excluding carboxylic acids is 1. The van der Waals surface area contributed by atoms with E-state index in [2.05, 4.69) is 30.9 Å². The number of rotatable bonds is 7. The summed E-state index contributed by atoms with van der Waals surface area (Å²) in [6.07, 6.45) is 2.24. The molecule has 1 amide bonds. The van der Waals surface area contributed by atoms with Crippen molar-refractivity contribution in [3.05, 3.63) is 35.8 Å². The highest BCUT2D eigenvalue weighted by atomic mass is 16.1. The molecule has 0 aliphatic carbocycles. The monoisotopic (exact) mass is 314 g/mol. The number of carbonyl (C=O) groups is 1. The van der Waals surface area contributed by atoms with Crippen LogP contribution in [0.4, 0.5) is 17.5 Å². The zero-order valence-corrected chi connectivity index (χ0v) is 13.7. The molecule has 7 heteroatoms. The van der Waals surface area contributed by atoms with E-state index in [0.29, 0.717) is 37.0 Å². The molecule has 2 aromatic rings. The molecule has 2 heterocycles. The Labute approximate surface area is 136 Å². The Morgan fingerprint density at radius 3 is 2.61 bits per heavy atom. The van der Waals surface area contributed by atoms with Crippen LogP contribution in [0, 0.1) is 13.8 Å². The van der Waals surface area contributed by atoms with Gasteiger partial charge in [-0.1, -0.05) is 6.92 Å². The van der Waals surface area contributed by atoms with E-state index in [1.165, 1.54) is 0 Å². The number of aromatic nitrogens is 3. The van der Waals surface area contributed by atoms with Crippen LogP contribution in [0.15, 0.2) is 24.4 Å². The molecule has 0 saturated carbocycles. The van der Waals surface area contributed by atoms with Crippen LogP contribution in [0.25, 0.3) is 0 Å². The van der Waals surface area contributed by atoms with Gasteiger partial charge in [0, 0.05) is 31.8 Å². The maximum Gasteiger partial charge on any atom is 0.219 e. The van der Waals surface area contributed by atoms with Crippen LogP contribution in [0.2, 0.25) is 0 Å². The molecule has 23 heavy (non-hydrogen) atoms. The highest BCUT2D eigenvalue weighted by Gasteiger charge is 2.03. The lowest BCUT2D eigenvalue weighted by Gasteiger charge is -2.10. The number of hydrogen-bond donors (Lipinski definition) is 3. The standard InChI is InChI=1S/C16H22N6O/c1-4-16(23)19-8-7-18-14-10-15(21-12(3)20-14)22-13-9-11(2)5-6-17-13/h5-6,9-10H,4,7-8H2,1-3H3,(H,19,23)(H2,17,18,20,21,22). The molecule has 3 N–H and O–H groups in total. The molecular weight excluding hydrogens is 292 g/mol. The fourth-order valence-electron chi connectivity index (χ4n) is 1.98.